The predicted octanol–water partition coefficient (Wildman–Crippen LogP) is 2.36. The summed E-state index contributed by atoms with van der Waals surface area (Å²) >= 11 is 0. The first-order valence-corrected chi connectivity index (χ1v) is 8.04. The summed E-state index contributed by atoms with van der Waals surface area (Å²) in [6, 6.07) is 11.7. The summed E-state index contributed by atoms with van der Waals surface area (Å²) in [7, 11) is 0. The molecule has 2 aromatic rings. The van der Waals surface area contributed by atoms with Crippen LogP contribution in [0.2, 0.25) is 0 Å². The minimum absolute atomic E-state index is 0. The molecule has 1 aromatic carbocycles. The number of nitrogens with two attached hydrogens (primary N) is 2. The lowest BCUT2D eigenvalue weighted by Gasteiger charge is -2.05. The molecule has 138 valence electrons. The summed E-state index contributed by atoms with van der Waals surface area (Å²) in [5.74, 6) is 0.747. The average molecular weight is 465 g/mol. The van der Waals surface area contributed by atoms with E-state index in [-0.39, 0.29) is 24.0 Å². The van der Waals surface area contributed by atoms with E-state index in [0.29, 0.717) is 42.5 Å². The fraction of sp³-hybridized carbons (Fsp3) is 0.278. The second-order valence-corrected chi connectivity index (χ2v) is 5.75. The molecule has 0 saturated heterocycles. The van der Waals surface area contributed by atoms with Crippen LogP contribution >= 0.6 is 24.0 Å². The number of hydrogen-bond acceptors (Lipinski definition) is 4. The van der Waals surface area contributed by atoms with Gasteiger partial charge in [-0.2, -0.15) is 10.4 Å². The molecule has 0 saturated carbocycles. The lowest BCUT2D eigenvalue weighted by Crippen LogP contribution is -2.32. The molecule has 1 heterocycles. The zero-order valence-electron chi connectivity index (χ0n) is 14.8. The first-order chi connectivity index (χ1) is 12.0. The number of aryl methyl sites for hydroxylation is 1. The minimum Gasteiger partial charge on any atom is -0.382 e. The van der Waals surface area contributed by atoms with Gasteiger partial charge < -0.3 is 16.8 Å². The van der Waals surface area contributed by atoms with Gasteiger partial charge in [0, 0.05) is 6.54 Å². The van der Waals surface area contributed by atoms with Gasteiger partial charge in [-0.1, -0.05) is 30.4 Å². The maximum absolute atomic E-state index is 9.38. The van der Waals surface area contributed by atoms with E-state index in [1.54, 1.807) is 4.68 Å². The summed E-state index contributed by atoms with van der Waals surface area (Å²) < 4.78 is 1.60. The van der Waals surface area contributed by atoms with E-state index >= 15 is 0 Å². The number of nitriles is 1. The van der Waals surface area contributed by atoms with Gasteiger partial charge in [0.2, 0.25) is 0 Å². The van der Waals surface area contributed by atoms with Crippen molar-refractivity contribution in [1.82, 2.24) is 15.1 Å². The van der Waals surface area contributed by atoms with Crippen LogP contribution in [0, 0.1) is 11.3 Å². The Balaban J connectivity index is 0.00000338. The number of guanidine groups is 1. The van der Waals surface area contributed by atoms with Gasteiger partial charge in [-0.3, -0.25) is 0 Å². The van der Waals surface area contributed by atoms with Gasteiger partial charge in [0.1, 0.15) is 17.5 Å². The number of halogens is 1. The van der Waals surface area contributed by atoms with Crippen molar-refractivity contribution in [1.29, 1.82) is 5.26 Å². The normalized spacial score (nSPS) is 10.7. The van der Waals surface area contributed by atoms with Crippen LogP contribution in [0.15, 0.2) is 47.5 Å². The maximum Gasteiger partial charge on any atom is 0.188 e. The molecule has 0 amide bonds. The van der Waals surface area contributed by atoms with Crippen LogP contribution in [0.5, 0.6) is 0 Å². The molecule has 2 rings (SSSR count). The van der Waals surface area contributed by atoms with Gasteiger partial charge >= 0.3 is 0 Å². The highest BCUT2D eigenvalue weighted by Crippen LogP contribution is 2.21. The number of aromatic nitrogens is 2. The molecule has 0 aliphatic rings. The Labute approximate surface area is 170 Å². The molecule has 0 bridgehead atoms. The molecular formula is C18H24IN7. The van der Waals surface area contributed by atoms with Crippen LogP contribution in [-0.2, 0) is 6.42 Å². The molecule has 0 aliphatic carbocycles. The monoisotopic (exact) mass is 465 g/mol. The van der Waals surface area contributed by atoms with Crippen molar-refractivity contribution in [3.8, 4) is 11.8 Å². The summed E-state index contributed by atoms with van der Waals surface area (Å²) in [6.07, 6.45) is 1.37. The van der Waals surface area contributed by atoms with Crippen molar-refractivity contribution in [2.75, 3.05) is 18.8 Å². The van der Waals surface area contributed by atoms with Crippen LogP contribution in [-0.4, -0.2) is 28.8 Å². The Hall–Kier alpha value is -2.54. The van der Waals surface area contributed by atoms with E-state index in [9.17, 15) is 5.26 Å². The van der Waals surface area contributed by atoms with Crippen molar-refractivity contribution in [2.24, 2.45) is 10.7 Å². The molecule has 0 fully saturated rings. The first-order valence-electron chi connectivity index (χ1n) is 8.04. The van der Waals surface area contributed by atoms with E-state index in [2.05, 4.69) is 28.1 Å². The van der Waals surface area contributed by atoms with Gasteiger partial charge in [-0.25, -0.2) is 9.67 Å². The van der Waals surface area contributed by atoms with E-state index in [1.807, 2.05) is 37.3 Å². The number of nitrogen functional groups attached to an aromatic ring is 1. The highest BCUT2D eigenvalue weighted by Gasteiger charge is 2.15. The fourth-order valence-electron chi connectivity index (χ4n) is 2.29. The SMILES string of the molecule is C=C(C)CN=C(N)NCCCc1nn(-c2ccccc2)c(N)c1C#N.I. The molecule has 0 unspecified atom stereocenters. The number of rotatable bonds is 7. The van der Waals surface area contributed by atoms with Gasteiger partial charge in [0.05, 0.1) is 17.9 Å². The zero-order valence-corrected chi connectivity index (χ0v) is 17.1. The van der Waals surface area contributed by atoms with Crippen molar-refractivity contribution < 1.29 is 0 Å². The molecule has 0 aliphatic heterocycles. The predicted molar refractivity (Wildman–Crippen MR) is 116 cm³/mol. The third-order valence-electron chi connectivity index (χ3n) is 3.52. The fourth-order valence-corrected chi connectivity index (χ4v) is 2.29. The van der Waals surface area contributed by atoms with E-state index in [4.69, 9.17) is 11.5 Å². The molecule has 0 spiro atoms. The van der Waals surface area contributed by atoms with Crippen LogP contribution < -0.4 is 16.8 Å². The molecule has 8 heteroatoms. The highest BCUT2D eigenvalue weighted by molar-refractivity contribution is 14.0. The highest BCUT2D eigenvalue weighted by atomic mass is 127. The van der Waals surface area contributed by atoms with Crippen molar-refractivity contribution >= 4 is 35.8 Å². The van der Waals surface area contributed by atoms with Crippen LogP contribution in [0.25, 0.3) is 5.69 Å². The molecule has 1 aromatic heterocycles. The Bertz CT molecular complexity index is 803. The Morgan fingerprint density at radius 3 is 2.69 bits per heavy atom. The third-order valence-corrected chi connectivity index (χ3v) is 3.52. The van der Waals surface area contributed by atoms with E-state index in [0.717, 1.165) is 17.7 Å². The van der Waals surface area contributed by atoms with Crippen molar-refractivity contribution in [3.63, 3.8) is 0 Å². The summed E-state index contributed by atoms with van der Waals surface area (Å²) in [4.78, 5) is 4.15. The number of aliphatic imine (C=N–C) groups is 1. The molecular weight excluding hydrogens is 441 g/mol. The number of nitrogens with one attached hydrogen (secondary N) is 1. The largest absolute Gasteiger partial charge is 0.382 e. The molecule has 26 heavy (non-hydrogen) atoms. The maximum atomic E-state index is 9.38. The molecule has 5 N–H and O–H groups in total. The van der Waals surface area contributed by atoms with Gasteiger partial charge in [0.15, 0.2) is 5.96 Å². The van der Waals surface area contributed by atoms with Gasteiger partial charge in [-0.15, -0.1) is 24.0 Å². The molecule has 0 radical (unpaired) electrons. The lowest BCUT2D eigenvalue weighted by molar-refractivity contribution is 0.737. The van der Waals surface area contributed by atoms with E-state index in [1.165, 1.54) is 0 Å². The molecule has 7 nitrogen and oxygen atoms in total. The van der Waals surface area contributed by atoms with Gasteiger partial charge in [0.25, 0.3) is 0 Å². The third kappa shape index (κ3) is 5.77. The van der Waals surface area contributed by atoms with Gasteiger partial charge in [-0.05, 0) is 31.9 Å². The average Bonchev–Trinajstić information content (AvgIpc) is 2.93. The summed E-state index contributed by atoms with van der Waals surface area (Å²) in [6.45, 7) is 6.81. The number of para-hydroxylation sites is 1. The number of hydrogen-bond donors (Lipinski definition) is 3. The Morgan fingerprint density at radius 2 is 2.08 bits per heavy atom. The van der Waals surface area contributed by atoms with Crippen molar-refractivity contribution in [3.05, 3.63) is 53.7 Å². The Kier molecular flexibility index (Phi) is 8.64. The first kappa shape index (κ1) is 21.5. The van der Waals surface area contributed by atoms with Crippen LogP contribution in [0.1, 0.15) is 24.6 Å². The molecule has 0 atom stereocenters. The topological polar surface area (TPSA) is 118 Å². The number of anilines is 1. The quantitative estimate of drug-likeness (QED) is 0.191. The second-order valence-electron chi connectivity index (χ2n) is 5.75. The van der Waals surface area contributed by atoms with Crippen molar-refractivity contribution in [2.45, 2.75) is 19.8 Å². The lowest BCUT2D eigenvalue weighted by atomic mass is 10.1. The number of nitrogens with zero attached hydrogens (tertiary/aromatic N) is 4. The van der Waals surface area contributed by atoms with E-state index < -0.39 is 0 Å². The smallest absolute Gasteiger partial charge is 0.188 e. The summed E-state index contributed by atoms with van der Waals surface area (Å²) in [5.41, 5.74) is 14.7. The van der Waals surface area contributed by atoms with Crippen LogP contribution in [0.3, 0.4) is 0 Å². The summed E-state index contributed by atoms with van der Waals surface area (Å²) in [5, 5.41) is 16.9. The standard InChI is InChI=1S/C18H23N7.HI/c1-13(2)12-23-18(21)22-10-6-9-16-15(11-19)17(20)25(24-16)14-7-4-3-5-8-14;/h3-5,7-8H,1,6,9-10,12,20H2,2H3,(H3,21,22,23);1H. The number of benzene rings is 1. The van der Waals surface area contributed by atoms with Crippen LogP contribution in [0.4, 0.5) is 5.82 Å². The minimum atomic E-state index is 0. The zero-order chi connectivity index (χ0) is 18.2. The Morgan fingerprint density at radius 1 is 1.38 bits per heavy atom. The second kappa shape index (κ2) is 10.5.